The summed E-state index contributed by atoms with van der Waals surface area (Å²) >= 11 is 12.4. The van der Waals surface area contributed by atoms with Crippen molar-refractivity contribution in [3.05, 3.63) is 64.1 Å². The number of fused-ring (bicyclic) bond motifs is 1. The summed E-state index contributed by atoms with van der Waals surface area (Å²) in [5.74, 6) is -0.415. The number of carbonyl (C=O) groups excluding carboxylic acids is 2. The van der Waals surface area contributed by atoms with E-state index in [0.717, 1.165) is 0 Å². The number of esters is 1. The molecule has 0 heterocycles. The Balaban J connectivity index is 1.80. The zero-order valence-electron chi connectivity index (χ0n) is 14.8. The predicted octanol–water partition coefficient (Wildman–Crippen LogP) is 5.67. The Hall–Kier alpha value is -2.96. The third kappa shape index (κ3) is 4.30. The van der Waals surface area contributed by atoms with Gasteiger partial charge in [-0.15, -0.1) is 0 Å². The number of hydrogen-bond acceptors (Lipinski definition) is 4. The normalized spacial score (nSPS) is 10.5. The van der Waals surface area contributed by atoms with E-state index in [1.54, 1.807) is 37.3 Å². The average Bonchev–Trinajstić information content (AvgIpc) is 2.65. The Kier molecular flexibility index (Phi) is 5.92. The zero-order chi connectivity index (χ0) is 20.3. The molecule has 3 aromatic carbocycles. The van der Waals surface area contributed by atoms with E-state index >= 15 is 0 Å². The van der Waals surface area contributed by atoms with Gasteiger partial charge in [0.2, 0.25) is 0 Å². The molecular formula is C20H16Cl2N2O4. The maximum Gasteiger partial charge on any atom is 0.338 e. The number of phenolic OH excluding ortho intramolecular Hbond substituents is 1. The van der Waals surface area contributed by atoms with Crippen LogP contribution in [0.15, 0.2) is 48.5 Å². The smallest absolute Gasteiger partial charge is 0.338 e. The molecule has 0 aliphatic rings. The van der Waals surface area contributed by atoms with Gasteiger partial charge in [0.25, 0.3) is 0 Å². The van der Waals surface area contributed by atoms with Crippen LogP contribution in [0.3, 0.4) is 0 Å². The highest BCUT2D eigenvalue weighted by atomic mass is 35.5. The summed E-state index contributed by atoms with van der Waals surface area (Å²) in [6.07, 6.45) is 0. The summed E-state index contributed by atoms with van der Waals surface area (Å²) in [5.41, 5.74) is 1.18. The number of phenols is 1. The van der Waals surface area contributed by atoms with Crippen LogP contribution in [0.4, 0.5) is 16.2 Å². The molecule has 6 nitrogen and oxygen atoms in total. The third-order valence-corrected chi connectivity index (χ3v) is 4.53. The van der Waals surface area contributed by atoms with E-state index < -0.39 is 12.0 Å². The molecule has 3 aromatic rings. The van der Waals surface area contributed by atoms with Crippen molar-refractivity contribution < 1.29 is 19.4 Å². The Morgan fingerprint density at radius 3 is 2.36 bits per heavy atom. The molecule has 144 valence electrons. The van der Waals surface area contributed by atoms with Crippen molar-refractivity contribution in [3.8, 4) is 5.75 Å². The van der Waals surface area contributed by atoms with Crippen LogP contribution < -0.4 is 10.6 Å². The van der Waals surface area contributed by atoms with Crippen LogP contribution in [0.25, 0.3) is 10.8 Å². The molecule has 0 spiro atoms. The molecule has 0 aromatic heterocycles. The molecule has 0 radical (unpaired) electrons. The minimum absolute atomic E-state index is 0.0174. The maximum absolute atomic E-state index is 12.4. The lowest BCUT2D eigenvalue weighted by molar-refractivity contribution is 0.0526. The van der Waals surface area contributed by atoms with Crippen molar-refractivity contribution >= 4 is 57.3 Å². The average molecular weight is 419 g/mol. The van der Waals surface area contributed by atoms with Crippen molar-refractivity contribution in [3.63, 3.8) is 0 Å². The van der Waals surface area contributed by atoms with Gasteiger partial charge in [-0.05, 0) is 55.5 Å². The molecule has 3 rings (SSSR count). The summed E-state index contributed by atoms with van der Waals surface area (Å²) in [5, 5.41) is 16.9. The number of nitrogens with one attached hydrogen (secondary N) is 2. The first kappa shape index (κ1) is 19.8. The van der Waals surface area contributed by atoms with E-state index in [1.807, 2.05) is 0 Å². The zero-order valence-corrected chi connectivity index (χ0v) is 16.3. The molecule has 0 bridgehead atoms. The molecule has 0 atom stereocenters. The van der Waals surface area contributed by atoms with Gasteiger partial charge in [0.05, 0.1) is 27.9 Å². The van der Waals surface area contributed by atoms with Gasteiger partial charge in [0.15, 0.2) is 0 Å². The number of anilines is 2. The number of amides is 2. The fourth-order valence-electron chi connectivity index (χ4n) is 2.64. The molecule has 0 aliphatic heterocycles. The summed E-state index contributed by atoms with van der Waals surface area (Å²) in [6, 6.07) is 11.9. The molecular weight excluding hydrogens is 403 g/mol. The molecule has 0 aliphatic carbocycles. The van der Waals surface area contributed by atoms with Gasteiger partial charge in [-0.1, -0.05) is 23.2 Å². The Labute approximate surface area is 171 Å². The number of aromatic hydroxyl groups is 1. The Morgan fingerprint density at radius 1 is 0.964 bits per heavy atom. The van der Waals surface area contributed by atoms with Gasteiger partial charge < -0.3 is 20.5 Å². The fourth-order valence-corrected chi connectivity index (χ4v) is 3.23. The quantitative estimate of drug-likeness (QED) is 0.476. The van der Waals surface area contributed by atoms with Crippen molar-refractivity contribution in [2.24, 2.45) is 0 Å². The van der Waals surface area contributed by atoms with Crippen LogP contribution in [0.2, 0.25) is 10.0 Å². The summed E-state index contributed by atoms with van der Waals surface area (Å²) in [6.45, 7) is 2.01. The Morgan fingerprint density at radius 2 is 1.68 bits per heavy atom. The highest BCUT2D eigenvalue weighted by molar-refractivity contribution is 6.41. The van der Waals surface area contributed by atoms with Gasteiger partial charge in [-0.25, -0.2) is 9.59 Å². The van der Waals surface area contributed by atoms with E-state index in [2.05, 4.69) is 10.6 Å². The first-order valence-corrected chi connectivity index (χ1v) is 9.10. The highest BCUT2D eigenvalue weighted by Crippen LogP contribution is 2.38. The second kappa shape index (κ2) is 8.37. The van der Waals surface area contributed by atoms with Crippen LogP contribution in [0.5, 0.6) is 5.75 Å². The highest BCUT2D eigenvalue weighted by Gasteiger charge is 2.14. The van der Waals surface area contributed by atoms with Gasteiger partial charge in [0.1, 0.15) is 5.75 Å². The molecule has 0 unspecified atom stereocenters. The SMILES string of the molecule is CCOC(=O)c1ccc(NC(=O)Nc2c(Cl)cc(Cl)c3ccc(O)cc23)cc1. The molecule has 3 N–H and O–H groups in total. The lowest BCUT2D eigenvalue weighted by Crippen LogP contribution is -2.20. The molecule has 28 heavy (non-hydrogen) atoms. The summed E-state index contributed by atoms with van der Waals surface area (Å²) < 4.78 is 4.92. The molecule has 0 saturated carbocycles. The minimum Gasteiger partial charge on any atom is -0.508 e. The van der Waals surface area contributed by atoms with Gasteiger partial charge >= 0.3 is 12.0 Å². The van der Waals surface area contributed by atoms with E-state index in [-0.39, 0.29) is 17.4 Å². The largest absolute Gasteiger partial charge is 0.508 e. The van der Waals surface area contributed by atoms with Crippen LogP contribution in [0.1, 0.15) is 17.3 Å². The number of urea groups is 1. The Bertz CT molecular complexity index is 1050. The minimum atomic E-state index is -0.544. The number of rotatable bonds is 4. The van der Waals surface area contributed by atoms with Gasteiger partial charge in [0, 0.05) is 16.5 Å². The predicted molar refractivity (Wildman–Crippen MR) is 111 cm³/mol. The van der Waals surface area contributed by atoms with Crippen LogP contribution in [-0.2, 0) is 4.74 Å². The molecule has 2 amide bonds. The molecule has 0 fully saturated rings. The van der Waals surface area contributed by atoms with Crippen LogP contribution in [-0.4, -0.2) is 23.7 Å². The van der Waals surface area contributed by atoms with Crippen LogP contribution in [0, 0.1) is 0 Å². The first-order valence-electron chi connectivity index (χ1n) is 8.35. The maximum atomic E-state index is 12.4. The number of benzene rings is 3. The number of halogens is 2. The third-order valence-electron chi connectivity index (χ3n) is 3.91. The van der Waals surface area contributed by atoms with Gasteiger partial charge in [-0.2, -0.15) is 0 Å². The lowest BCUT2D eigenvalue weighted by Gasteiger charge is -2.13. The van der Waals surface area contributed by atoms with E-state index in [4.69, 9.17) is 27.9 Å². The monoisotopic (exact) mass is 418 g/mol. The number of carbonyl (C=O) groups is 2. The van der Waals surface area contributed by atoms with E-state index in [0.29, 0.717) is 32.7 Å². The van der Waals surface area contributed by atoms with Crippen LogP contribution >= 0.6 is 23.2 Å². The van der Waals surface area contributed by atoms with Crippen molar-refractivity contribution in [2.45, 2.75) is 6.92 Å². The summed E-state index contributed by atoms with van der Waals surface area (Å²) in [7, 11) is 0. The first-order chi connectivity index (χ1) is 13.4. The van der Waals surface area contributed by atoms with Crippen molar-refractivity contribution in [2.75, 3.05) is 17.2 Å². The van der Waals surface area contributed by atoms with Crippen molar-refractivity contribution in [1.29, 1.82) is 0 Å². The molecule has 0 saturated heterocycles. The standard InChI is InChI=1S/C20H16Cl2N2O4/c1-2-28-19(26)11-3-5-12(6-4-11)23-20(27)24-18-15-9-13(25)7-8-14(15)16(21)10-17(18)22/h3-10,25H,2H2,1H3,(H2,23,24,27). The van der Waals surface area contributed by atoms with Gasteiger partial charge in [-0.3, -0.25) is 0 Å². The van der Waals surface area contributed by atoms with E-state index in [9.17, 15) is 14.7 Å². The number of hydrogen-bond donors (Lipinski definition) is 3. The lowest BCUT2D eigenvalue weighted by atomic mass is 10.1. The fraction of sp³-hybridized carbons (Fsp3) is 0.100. The topological polar surface area (TPSA) is 87.7 Å². The second-order valence-corrected chi connectivity index (χ2v) is 6.64. The van der Waals surface area contributed by atoms with E-state index in [1.165, 1.54) is 18.2 Å². The summed E-state index contributed by atoms with van der Waals surface area (Å²) in [4.78, 5) is 24.1. The number of ether oxygens (including phenoxy) is 1. The molecule has 8 heteroatoms. The second-order valence-electron chi connectivity index (χ2n) is 5.82. The van der Waals surface area contributed by atoms with Crippen molar-refractivity contribution in [1.82, 2.24) is 0 Å².